The first kappa shape index (κ1) is 28.2. The molecule has 5 heteroatoms. The van der Waals surface area contributed by atoms with Crippen molar-refractivity contribution in [3.05, 3.63) is 89.5 Å². The van der Waals surface area contributed by atoms with E-state index >= 15 is 0 Å². The summed E-state index contributed by atoms with van der Waals surface area (Å²) in [4.78, 5) is 4.99. The zero-order chi connectivity index (χ0) is 25.4. The number of halogens is 2. The number of aromatic hydroxyl groups is 1. The van der Waals surface area contributed by atoms with Gasteiger partial charge in [0.2, 0.25) is 0 Å². The summed E-state index contributed by atoms with van der Waals surface area (Å²) in [7, 11) is 9.87. The maximum atomic E-state index is 11.4. The molecule has 0 bridgehead atoms. The number of rotatable bonds is 5. The van der Waals surface area contributed by atoms with Crippen LogP contribution in [0.25, 0.3) is 11.1 Å². The Balaban J connectivity index is 0.00000108. The van der Waals surface area contributed by atoms with Gasteiger partial charge in [0.15, 0.2) is 0 Å². The molecule has 2 nitrogen and oxygen atoms in total. The van der Waals surface area contributed by atoms with E-state index in [4.69, 9.17) is 22.0 Å². The van der Waals surface area contributed by atoms with E-state index in [0.29, 0.717) is 23.6 Å². The zero-order valence-electron chi connectivity index (χ0n) is 21.0. The van der Waals surface area contributed by atoms with Gasteiger partial charge in [-0.3, -0.25) is 4.99 Å². The SMILES string of the molecule is CC1CCCC(N=Cc2cc(-c3ccccc3)cc(C(C)(C)c3ccccc3)c2O)C1C.[Cl][Zr][Cl]. The van der Waals surface area contributed by atoms with Crippen LogP contribution in [0, 0.1) is 11.8 Å². The standard InChI is InChI=1S/C30H35NO.2ClH.Zr/c1-21-12-11-17-28(22(21)2)31-20-25-18-24(23-13-7-5-8-14-23)19-27(29(25)32)30(3,4)26-15-9-6-10-16-26;;;/h5-10,13-16,18-22,28,32H,11-12,17H2,1-4H3;2*1H;/q;;;+2/p-2. The van der Waals surface area contributed by atoms with Crippen LogP contribution in [0.5, 0.6) is 5.75 Å². The van der Waals surface area contributed by atoms with Gasteiger partial charge in [-0.2, -0.15) is 0 Å². The molecule has 0 aliphatic heterocycles. The van der Waals surface area contributed by atoms with E-state index in [1.54, 1.807) is 0 Å². The van der Waals surface area contributed by atoms with E-state index in [0.717, 1.165) is 28.7 Å². The van der Waals surface area contributed by atoms with Crippen molar-refractivity contribution in [3.8, 4) is 16.9 Å². The summed E-state index contributed by atoms with van der Waals surface area (Å²) >= 11 is -0.826. The first-order chi connectivity index (χ1) is 16.8. The minimum atomic E-state index is -0.826. The van der Waals surface area contributed by atoms with E-state index in [-0.39, 0.29) is 5.41 Å². The fourth-order valence-electron chi connectivity index (χ4n) is 4.98. The molecule has 3 aromatic carbocycles. The molecule has 1 N–H and O–H groups in total. The third kappa shape index (κ3) is 7.09. The third-order valence-electron chi connectivity index (χ3n) is 7.48. The molecule has 1 fully saturated rings. The van der Waals surface area contributed by atoms with Gasteiger partial charge in [-0.15, -0.1) is 0 Å². The van der Waals surface area contributed by atoms with Gasteiger partial charge in [-0.1, -0.05) is 101 Å². The van der Waals surface area contributed by atoms with Crippen LogP contribution in [0.2, 0.25) is 0 Å². The predicted octanol–water partition coefficient (Wildman–Crippen LogP) is 9.01. The first-order valence-corrected chi connectivity index (χ1v) is 18.6. The number of aliphatic imine (C=N–C) groups is 1. The Hall–Kier alpha value is -1.41. The number of hydrogen-bond acceptors (Lipinski definition) is 2. The third-order valence-corrected chi connectivity index (χ3v) is 7.48. The summed E-state index contributed by atoms with van der Waals surface area (Å²) in [6.45, 7) is 9.01. The number of hydrogen-bond donors (Lipinski definition) is 1. The van der Waals surface area contributed by atoms with Crippen LogP contribution in [-0.2, 0) is 26.3 Å². The molecule has 35 heavy (non-hydrogen) atoms. The van der Waals surface area contributed by atoms with Crippen molar-refractivity contribution in [1.29, 1.82) is 0 Å². The fraction of sp³-hybridized carbons (Fsp3) is 0.367. The quantitative estimate of drug-likeness (QED) is 0.297. The monoisotopic (exact) mass is 585 g/mol. The van der Waals surface area contributed by atoms with Gasteiger partial charge in [0, 0.05) is 22.8 Å². The summed E-state index contributed by atoms with van der Waals surface area (Å²) < 4.78 is 0. The fourth-order valence-corrected chi connectivity index (χ4v) is 4.98. The van der Waals surface area contributed by atoms with Gasteiger partial charge < -0.3 is 5.11 Å². The summed E-state index contributed by atoms with van der Waals surface area (Å²) in [6.07, 6.45) is 5.57. The summed E-state index contributed by atoms with van der Waals surface area (Å²) in [5.74, 6) is 1.60. The van der Waals surface area contributed by atoms with Crippen molar-refractivity contribution < 1.29 is 26.0 Å². The second-order valence-electron chi connectivity index (χ2n) is 10.0. The van der Waals surface area contributed by atoms with Crippen LogP contribution in [0.15, 0.2) is 77.8 Å². The van der Waals surface area contributed by atoms with Gasteiger partial charge in [-0.05, 0) is 47.1 Å². The average molecular weight is 588 g/mol. The molecule has 0 aromatic heterocycles. The summed E-state index contributed by atoms with van der Waals surface area (Å²) in [5, 5.41) is 11.4. The molecule has 3 unspecified atom stereocenters. The maximum absolute atomic E-state index is 11.4. The number of benzene rings is 3. The van der Waals surface area contributed by atoms with Gasteiger partial charge in [0.1, 0.15) is 5.75 Å². The molecule has 3 aromatic rings. The van der Waals surface area contributed by atoms with E-state index in [1.807, 2.05) is 18.3 Å². The molecule has 1 aliphatic rings. The Kier molecular flexibility index (Phi) is 10.6. The molecule has 1 saturated carbocycles. The van der Waals surface area contributed by atoms with Crippen molar-refractivity contribution in [3.63, 3.8) is 0 Å². The molecular weight excluding hydrogens is 552 g/mol. The van der Waals surface area contributed by atoms with Crippen LogP contribution in [0.1, 0.15) is 63.6 Å². The van der Waals surface area contributed by atoms with Crippen molar-refractivity contribution >= 4 is 23.2 Å². The van der Waals surface area contributed by atoms with Crippen LogP contribution in [0.4, 0.5) is 0 Å². The molecule has 0 saturated heterocycles. The predicted molar refractivity (Wildman–Crippen MR) is 147 cm³/mol. The average Bonchev–Trinajstić information content (AvgIpc) is 2.87. The van der Waals surface area contributed by atoms with Crippen LogP contribution in [-0.4, -0.2) is 17.4 Å². The Morgan fingerprint density at radius 2 is 1.51 bits per heavy atom. The van der Waals surface area contributed by atoms with Crippen molar-refractivity contribution in [2.24, 2.45) is 16.8 Å². The minimum absolute atomic E-state index is 0.323. The summed E-state index contributed by atoms with van der Waals surface area (Å²) in [6, 6.07) is 25.4. The topological polar surface area (TPSA) is 32.6 Å². The normalized spacial score (nSPS) is 20.2. The molecule has 1 aliphatic carbocycles. The summed E-state index contributed by atoms with van der Waals surface area (Å²) in [5.41, 5.74) is 4.82. The van der Waals surface area contributed by atoms with Crippen molar-refractivity contribution in [1.82, 2.24) is 0 Å². The number of phenols is 1. The second-order valence-corrected chi connectivity index (χ2v) is 13.7. The molecule has 0 heterocycles. The van der Waals surface area contributed by atoms with E-state index < -0.39 is 20.8 Å². The molecule has 184 valence electrons. The Labute approximate surface area is 229 Å². The van der Waals surface area contributed by atoms with Crippen molar-refractivity contribution in [2.75, 3.05) is 0 Å². The van der Waals surface area contributed by atoms with E-state index in [1.165, 1.54) is 18.4 Å². The Morgan fingerprint density at radius 1 is 0.914 bits per heavy atom. The molecule has 0 spiro atoms. The van der Waals surface area contributed by atoms with Gasteiger partial charge in [0.25, 0.3) is 0 Å². The van der Waals surface area contributed by atoms with Crippen LogP contribution < -0.4 is 0 Å². The van der Waals surface area contributed by atoms with E-state index in [9.17, 15) is 5.11 Å². The molecule has 3 atom stereocenters. The first-order valence-electron chi connectivity index (χ1n) is 12.3. The van der Waals surface area contributed by atoms with Crippen LogP contribution in [0.3, 0.4) is 0 Å². The van der Waals surface area contributed by atoms with Gasteiger partial charge in [-0.25, -0.2) is 0 Å². The molecule has 0 radical (unpaired) electrons. The molecular formula is C30H35Cl2NOZr. The number of phenolic OH excluding ortho intramolecular Hbond substituents is 1. The van der Waals surface area contributed by atoms with Crippen molar-refractivity contribution in [2.45, 2.75) is 58.4 Å². The Morgan fingerprint density at radius 3 is 2.14 bits per heavy atom. The molecule has 4 rings (SSSR count). The number of nitrogens with zero attached hydrogens (tertiary/aromatic N) is 1. The van der Waals surface area contributed by atoms with E-state index in [2.05, 4.69) is 88.4 Å². The zero-order valence-corrected chi connectivity index (χ0v) is 25.0. The van der Waals surface area contributed by atoms with Gasteiger partial charge in [0.05, 0.1) is 6.04 Å². The van der Waals surface area contributed by atoms with Gasteiger partial charge >= 0.3 is 37.9 Å². The second kappa shape index (κ2) is 13.2. The van der Waals surface area contributed by atoms with Crippen LogP contribution >= 0.6 is 17.0 Å². The molecule has 0 amide bonds. The Bertz CT molecular complexity index is 1100.